The molecule has 0 N–H and O–H groups in total. The number of sulfonamides is 1. The first-order valence-corrected chi connectivity index (χ1v) is 15.3. The fraction of sp³-hybridized carbons (Fsp3) is 0.310. The quantitative estimate of drug-likeness (QED) is 0.280. The molecule has 0 spiro atoms. The van der Waals surface area contributed by atoms with Gasteiger partial charge in [0.25, 0.3) is 5.91 Å². The Hall–Kier alpha value is -3.18. The van der Waals surface area contributed by atoms with Crippen molar-refractivity contribution in [3.63, 3.8) is 0 Å². The third kappa shape index (κ3) is 5.74. The van der Waals surface area contributed by atoms with Gasteiger partial charge in [-0.25, -0.2) is 17.8 Å². The molecule has 7 nitrogen and oxygen atoms in total. The molecule has 39 heavy (non-hydrogen) atoms. The first-order valence-electron chi connectivity index (χ1n) is 13.1. The molecule has 0 radical (unpaired) electrons. The van der Waals surface area contributed by atoms with Crippen LogP contribution in [0.25, 0.3) is 10.2 Å². The van der Waals surface area contributed by atoms with Crippen LogP contribution < -0.4 is 4.90 Å². The van der Waals surface area contributed by atoms with Crippen LogP contribution in [0.3, 0.4) is 0 Å². The normalized spacial score (nSPS) is 14.1. The van der Waals surface area contributed by atoms with E-state index in [1.54, 1.807) is 23.1 Å². The average Bonchev–Trinajstić information content (AvgIpc) is 3.37. The Bertz CT molecular complexity index is 1580. The highest BCUT2D eigenvalue weighted by Crippen LogP contribution is 2.31. The molecule has 0 aliphatic carbocycles. The van der Waals surface area contributed by atoms with Crippen LogP contribution >= 0.6 is 11.3 Å². The number of aromatic nitrogens is 1. The van der Waals surface area contributed by atoms with Gasteiger partial charge in [0.1, 0.15) is 5.82 Å². The Morgan fingerprint density at radius 3 is 2.44 bits per heavy atom. The van der Waals surface area contributed by atoms with Gasteiger partial charge >= 0.3 is 0 Å². The number of carbonyl (C=O) groups excluding carboxylic acids is 1. The fourth-order valence-electron chi connectivity index (χ4n) is 4.82. The van der Waals surface area contributed by atoms with Crippen molar-refractivity contribution < 1.29 is 17.6 Å². The Morgan fingerprint density at radius 1 is 1.00 bits per heavy atom. The van der Waals surface area contributed by atoms with E-state index >= 15 is 0 Å². The summed E-state index contributed by atoms with van der Waals surface area (Å²) >= 11 is 1.26. The zero-order chi connectivity index (χ0) is 27.6. The third-order valence-corrected chi connectivity index (χ3v) is 10.1. The lowest BCUT2D eigenvalue weighted by atomic mass is 10.0. The maximum absolute atomic E-state index is 13.8. The molecular formula is C29H31FN4O3S2. The van der Waals surface area contributed by atoms with Gasteiger partial charge in [-0.3, -0.25) is 9.69 Å². The second-order valence-corrected chi connectivity index (χ2v) is 12.4. The molecule has 3 aromatic carbocycles. The Balaban J connectivity index is 1.40. The molecule has 0 bridgehead atoms. The van der Waals surface area contributed by atoms with E-state index in [-0.39, 0.29) is 16.6 Å². The SMILES string of the molecule is CCN(CC)CCN(C(=O)c1ccc(S(=O)(=O)N2CCc3ccccc3C2)cc1)c1nc2ccc(F)cc2s1. The van der Waals surface area contributed by atoms with E-state index < -0.39 is 10.0 Å². The number of benzene rings is 3. The number of amides is 1. The molecule has 0 saturated heterocycles. The van der Waals surface area contributed by atoms with Gasteiger partial charge in [-0.05, 0) is 73.1 Å². The van der Waals surface area contributed by atoms with E-state index in [0.717, 1.165) is 18.7 Å². The first kappa shape index (κ1) is 27.4. The van der Waals surface area contributed by atoms with Crippen molar-refractivity contribution in [2.24, 2.45) is 0 Å². The van der Waals surface area contributed by atoms with Crippen molar-refractivity contribution in [3.8, 4) is 0 Å². The van der Waals surface area contributed by atoms with E-state index in [0.29, 0.717) is 53.5 Å². The molecule has 10 heteroatoms. The van der Waals surface area contributed by atoms with E-state index in [1.165, 1.54) is 45.5 Å². The van der Waals surface area contributed by atoms with E-state index in [2.05, 4.69) is 23.7 Å². The molecule has 0 atom stereocenters. The molecular weight excluding hydrogens is 535 g/mol. The van der Waals surface area contributed by atoms with Crippen molar-refractivity contribution >= 4 is 42.6 Å². The lowest BCUT2D eigenvalue weighted by molar-refractivity contribution is 0.0983. The highest BCUT2D eigenvalue weighted by Gasteiger charge is 2.29. The second-order valence-electron chi connectivity index (χ2n) is 9.47. The third-order valence-electron chi connectivity index (χ3n) is 7.18. The summed E-state index contributed by atoms with van der Waals surface area (Å²) in [6.07, 6.45) is 0.666. The minimum Gasteiger partial charge on any atom is -0.302 e. The summed E-state index contributed by atoms with van der Waals surface area (Å²) in [7, 11) is -3.71. The summed E-state index contributed by atoms with van der Waals surface area (Å²) in [5.74, 6) is -0.634. The number of carbonyl (C=O) groups is 1. The number of fused-ring (bicyclic) bond motifs is 2. The molecule has 0 unspecified atom stereocenters. The van der Waals surface area contributed by atoms with Crippen LogP contribution in [0.15, 0.2) is 71.6 Å². The smallest absolute Gasteiger partial charge is 0.260 e. The van der Waals surface area contributed by atoms with Gasteiger partial charge in [-0.15, -0.1) is 0 Å². The summed E-state index contributed by atoms with van der Waals surface area (Å²) in [6.45, 7) is 7.61. The summed E-state index contributed by atoms with van der Waals surface area (Å²) in [5, 5.41) is 0.483. The number of hydrogen-bond acceptors (Lipinski definition) is 6. The predicted octanol–water partition coefficient (Wildman–Crippen LogP) is 5.17. The Kier molecular flexibility index (Phi) is 8.08. The highest BCUT2D eigenvalue weighted by molar-refractivity contribution is 7.89. The van der Waals surface area contributed by atoms with Crippen LogP contribution in [-0.4, -0.2) is 61.2 Å². The van der Waals surface area contributed by atoms with Crippen molar-refractivity contribution in [3.05, 3.63) is 89.2 Å². The van der Waals surface area contributed by atoms with Crippen molar-refractivity contribution in [1.82, 2.24) is 14.2 Å². The van der Waals surface area contributed by atoms with Crippen molar-refractivity contribution in [1.29, 1.82) is 0 Å². The van der Waals surface area contributed by atoms with Gasteiger partial charge in [-0.2, -0.15) is 4.31 Å². The number of nitrogens with zero attached hydrogens (tertiary/aromatic N) is 4. The number of likely N-dealkylation sites (N-methyl/N-ethyl adjacent to an activating group) is 1. The van der Waals surface area contributed by atoms with Gasteiger partial charge in [0.05, 0.1) is 15.1 Å². The predicted molar refractivity (Wildman–Crippen MR) is 153 cm³/mol. The van der Waals surface area contributed by atoms with Gasteiger partial charge < -0.3 is 4.90 Å². The maximum atomic E-state index is 13.8. The van der Waals surface area contributed by atoms with Crippen LogP contribution in [-0.2, 0) is 23.0 Å². The molecule has 1 aliphatic heterocycles. The molecule has 1 aromatic heterocycles. The maximum Gasteiger partial charge on any atom is 0.260 e. The minimum atomic E-state index is -3.71. The van der Waals surface area contributed by atoms with Crippen LogP contribution in [0.4, 0.5) is 9.52 Å². The first-order chi connectivity index (χ1) is 18.8. The van der Waals surface area contributed by atoms with Crippen LogP contribution in [0, 0.1) is 5.82 Å². The largest absolute Gasteiger partial charge is 0.302 e. The lowest BCUT2D eigenvalue weighted by Crippen LogP contribution is -2.39. The summed E-state index contributed by atoms with van der Waals surface area (Å²) in [6, 6.07) is 18.4. The highest BCUT2D eigenvalue weighted by atomic mass is 32.2. The van der Waals surface area contributed by atoms with E-state index in [9.17, 15) is 17.6 Å². The molecule has 4 aromatic rings. The zero-order valence-electron chi connectivity index (χ0n) is 22.0. The number of anilines is 1. The number of hydrogen-bond donors (Lipinski definition) is 0. The number of thiazole rings is 1. The molecule has 204 valence electrons. The van der Waals surface area contributed by atoms with Gasteiger partial charge in [0, 0.05) is 31.7 Å². The fourth-order valence-corrected chi connectivity index (χ4v) is 7.25. The molecule has 1 amide bonds. The Labute approximate surface area is 232 Å². The molecule has 1 aliphatic rings. The van der Waals surface area contributed by atoms with Gasteiger partial charge in [0.2, 0.25) is 10.0 Å². The Morgan fingerprint density at radius 2 is 1.72 bits per heavy atom. The summed E-state index contributed by atoms with van der Waals surface area (Å²) < 4.78 is 42.7. The molecule has 0 fully saturated rings. The number of rotatable bonds is 9. The molecule has 0 saturated carbocycles. The standard InChI is InChI=1S/C29H31FN4O3S2/c1-3-32(4-2)17-18-34(29-31-26-14-11-24(30)19-27(26)38-29)28(35)22-9-12-25(13-10-22)39(36,37)33-16-15-21-7-5-6-8-23(21)20-33/h5-14,19H,3-4,15-18,20H2,1-2H3. The average molecular weight is 567 g/mol. The van der Waals surface area contributed by atoms with Gasteiger partial charge in [0.15, 0.2) is 5.13 Å². The molecule has 5 rings (SSSR count). The second kappa shape index (κ2) is 11.5. The summed E-state index contributed by atoms with van der Waals surface area (Å²) in [5.41, 5.74) is 3.18. The van der Waals surface area contributed by atoms with Crippen molar-refractivity contribution in [2.45, 2.75) is 31.7 Å². The zero-order valence-corrected chi connectivity index (χ0v) is 23.6. The topological polar surface area (TPSA) is 73.8 Å². The minimum absolute atomic E-state index is 0.156. The summed E-state index contributed by atoms with van der Waals surface area (Å²) in [4.78, 5) is 22.3. The van der Waals surface area contributed by atoms with E-state index in [4.69, 9.17) is 0 Å². The van der Waals surface area contributed by atoms with Crippen LogP contribution in [0.5, 0.6) is 0 Å². The molecule has 2 heterocycles. The number of halogens is 1. The van der Waals surface area contributed by atoms with Crippen LogP contribution in [0.2, 0.25) is 0 Å². The van der Waals surface area contributed by atoms with Crippen LogP contribution in [0.1, 0.15) is 35.3 Å². The lowest BCUT2D eigenvalue weighted by Gasteiger charge is -2.28. The van der Waals surface area contributed by atoms with Crippen molar-refractivity contribution in [2.75, 3.05) is 37.6 Å². The van der Waals surface area contributed by atoms with Gasteiger partial charge in [-0.1, -0.05) is 49.4 Å². The monoisotopic (exact) mass is 566 g/mol. The van der Waals surface area contributed by atoms with E-state index in [1.807, 2.05) is 24.3 Å².